The molecule has 20 heavy (non-hydrogen) atoms. The second-order valence-corrected chi connectivity index (χ2v) is 6.56. The molecule has 1 aromatic heterocycles. The molecule has 2 atom stereocenters. The summed E-state index contributed by atoms with van der Waals surface area (Å²) >= 11 is 4.69. The minimum Gasteiger partial charge on any atom is -0.315 e. The highest BCUT2D eigenvalue weighted by Gasteiger charge is 2.39. The van der Waals surface area contributed by atoms with Gasteiger partial charge < -0.3 is 5.32 Å². The van der Waals surface area contributed by atoms with E-state index in [0.29, 0.717) is 16.6 Å². The third-order valence-corrected chi connectivity index (χ3v) is 5.23. The van der Waals surface area contributed by atoms with Gasteiger partial charge in [-0.25, -0.2) is 4.39 Å². The SMILES string of the molecule is C[C@@H]1C[C@H]1C(=O)Nc1snc(-c2ccc(F)cc2)c1Br. The van der Waals surface area contributed by atoms with Crippen molar-refractivity contribution in [3.63, 3.8) is 0 Å². The van der Waals surface area contributed by atoms with E-state index >= 15 is 0 Å². The van der Waals surface area contributed by atoms with E-state index in [1.54, 1.807) is 12.1 Å². The lowest BCUT2D eigenvalue weighted by Crippen LogP contribution is -2.13. The Bertz CT molecular complexity index is 656. The van der Waals surface area contributed by atoms with Crippen molar-refractivity contribution in [2.24, 2.45) is 11.8 Å². The molecule has 0 bridgehead atoms. The van der Waals surface area contributed by atoms with Gasteiger partial charge in [0, 0.05) is 11.5 Å². The zero-order valence-corrected chi connectivity index (χ0v) is 13.1. The molecule has 0 aliphatic heterocycles. The Kier molecular flexibility index (Phi) is 3.60. The molecule has 3 rings (SSSR count). The van der Waals surface area contributed by atoms with Crippen LogP contribution in [0.2, 0.25) is 0 Å². The normalized spacial score (nSPS) is 20.8. The number of halogens is 2. The number of rotatable bonds is 3. The summed E-state index contributed by atoms with van der Waals surface area (Å²) in [6, 6.07) is 6.13. The molecule has 0 saturated heterocycles. The van der Waals surface area contributed by atoms with E-state index in [1.165, 1.54) is 23.7 Å². The summed E-state index contributed by atoms with van der Waals surface area (Å²) in [6.07, 6.45) is 0.951. The number of nitrogens with one attached hydrogen (secondary N) is 1. The molecule has 0 radical (unpaired) electrons. The van der Waals surface area contributed by atoms with E-state index in [4.69, 9.17) is 0 Å². The van der Waals surface area contributed by atoms with Crippen LogP contribution in [0.15, 0.2) is 28.7 Å². The monoisotopic (exact) mass is 354 g/mol. The van der Waals surface area contributed by atoms with E-state index in [-0.39, 0.29) is 17.6 Å². The lowest BCUT2D eigenvalue weighted by Gasteiger charge is -2.02. The van der Waals surface area contributed by atoms with Crippen LogP contribution in [-0.2, 0) is 4.79 Å². The van der Waals surface area contributed by atoms with Gasteiger partial charge in [0.25, 0.3) is 0 Å². The molecule has 6 heteroatoms. The van der Waals surface area contributed by atoms with Crippen LogP contribution in [0, 0.1) is 17.7 Å². The Labute approximate surface area is 128 Å². The molecule has 0 unspecified atom stereocenters. The minimum absolute atomic E-state index is 0.0486. The fourth-order valence-corrected chi connectivity index (χ4v) is 3.49. The van der Waals surface area contributed by atoms with Gasteiger partial charge in [0.05, 0.1) is 4.47 Å². The summed E-state index contributed by atoms with van der Waals surface area (Å²) in [4.78, 5) is 11.9. The van der Waals surface area contributed by atoms with Crippen LogP contribution in [-0.4, -0.2) is 10.3 Å². The third-order valence-electron chi connectivity index (χ3n) is 3.44. The smallest absolute Gasteiger partial charge is 0.228 e. The van der Waals surface area contributed by atoms with Crippen LogP contribution in [0.3, 0.4) is 0 Å². The van der Waals surface area contributed by atoms with Gasteiger partial charge in [0.1, 0.15) is 16.5 Å². The van der Waals surface area contributed by atoms with Crippen molar-refractivity contribution in [2.45, 2.75) is 13.3 Å². The lowest BCUT2D eigenvalue weighted by molar-refractivity contribution is -0.117. The molecular weight excluding hydrogens is 343 g/mol. The molecule has 1 saturated carbocycles. The highest BCUT2D eigenvalue weighted by atomic mass is 79.9. The Balaban J connectivity index is 1.81. The van der Waals surface area contributed by atoms with Crippen molar-refractivity contribution in [3.05, 3.63) is 34.6 Å². The van der Waals surface area contributed by atoms with Crippen molar-refractivity contribution >= 4 is 38.4 Å². The maximum absolute atomic E-state index is 12.9. The van der Waals surface area contributed by atoms with E-state index in [9.17, 15) is 9.18 Å². The van der Waals surface area contributed by atoms with Crippen molar-refractivity contribution in [2.75, 3.05) is 5.32 Å². The van der Waals surface area contributed by atoms with E-state index < -0.39 is 0 Å². The molecule has 0 spiro atoms. The Morgan fingerprint density at radius 1 is 1.45 bits per heavy atom. The molecule has 1 N–H and O–H groups in total. The zero-order valence-electron chi connectivity index (χ0n) is 10.7. The van der Waals surface area contributed by atoms with Crippen molar-refractivity contribution in [1.29, 1.82) is 0 Å². The summed E-state index contributed by atoms with van der Waals surface area (Å²) in [5.41, 5.74) is 1.53. The number of hydrogen-bond acceptors (Lipinski definition) is 3. The molecule has 3 nitrogen and oxygen atoms in total. The van der Waals surface area contributed by atoms with E-state index in [1.807, 2.05) is 0 Å². The quantitative estimate of drug-likeness (QED) is 0.892. The first kappa shape index (κ1) is 13.7. The number of carbonyl (C=O) groups excluding carboxylic acids is 1. The topological polar surface area (TPSA) is 42.0 Å². The van der Waals surface area contributed by atoms with Crippen LogP contribution < -0.4 is 5.32 Å². The molecular formula is C14H12BrFN2OS. The maximum atomic E-state index is 12.9. The molecule has 1 aliphatic rings. The van der Waals surface area contributed by atoms with Crippen LogP contribution in [0.1, 0.15) is 13.3 Å². The first-order chi connectivity index (χ1) is 9.56. The predicted octanol–water partition coefficient (Wildman–Crippen LogP) is 4.31. The van der Waals surface area contributed by atoms with Crippen molar-refractivity contribution in [1.82, 2.24) is 4.37 Å². The second kappa shape index (κ2) is 5.26. The van der Waals surface area contributed by atoms with Gasteiger partial charge in [0.2, 0.25) is 5.91 Å². The lowest BCUT2D eigenvalue weighted by atomic mass is 10.1. The van der Waals surface area contributed by atoms with Gasteiger partial charge >= 0.3 is 0 Å². The average molecular weight is 355 g/mol. The first-order valence-corrected chi connectivity index (χ1v) is 7.85. The Hall–Kier alpha value is -1.27. The number of benzene rings is 1. The summed E-state index contributed by atoms with van der Waals surface area (Å²) in [5.74, 6) is 0.361. The highest BCUT2D eigenvalue weighted by molar-refractivity contribution is 9.10. The second-order valence-electron chi connectivity index (χ2n) is 4.99. The summed E-state index contributed by atoms with van der Waals surface area (Å²) in [6.45, 7) is 2.07. The number of aromatic nitrogens is 1. The summed E-state index contributed by atoms with van der Waals surface area (Å²) < 4.78 is 18.0. The molecule has 1 aliphatic carbocycles. The number of nitrogens with zero attached hydrogens (tertiary/aromatic N) is 1. The van der Waals surface area contributed by atoms with Crippen molar-refractivity contribution < 1.29 is 9.18 Å². The number of hydrogen-bond donors (Lipinski definition) is 1. The minimum atomic E-state index is -0.281. The molecule has 1 heterocycles. The fourth-order valence-electron chi connectivity index (χ4n) is 2.04. The molecule has 2 aromatic rings. The Morgan fingerprint density at radius 2 is 2.10 bits per heavy atom. The number of carbonyl (C=O) groups is 1. The Morgan fingerprint density at radius 3 is 2.70 bits per heavy atom. The van der Waals surface area contributed by atoms with Gasteiger partial charge in [0.15, 0.2) is 0 Å². The molecule has 1 fully saturated rings. The predicted molar refractivity (Wildman–Crippen MR) is 81.1 cm³/mol. The number of amides is 1. The maximum Gasteiger partial charge on any atom is 0.228 e. The van der Waals surface area contributed by atoms with Gasteiger partial charge in [-0.2, -0.15) is 4.37 Å². The molecule has 104 valence electrons. The van der Waals surface area contributed by atoms with E-state index in [0.717, 1.165) is 16.5 Å². The van der Waals surface area contributed by atoms with Gasteiger partial charge in [-0.3, -0.25) is 4.79 Å². The third kappa shape index (κ3) is 2.62. The van der Waals surface area contributed by atoms with Gasteiger partial charge in [-0.15, -0.1) is 0 Å². The summed E-state index contributed by atoms with van der Waals surface area (Å²) in [5, 5.41) is 3.60. The average Bonchev–Trinajstić information content (AvgIpc) is 3.06. The fraction of sp³-hybridized carbons (Fsp3) is 0.286. The van der Waals surface area contributed by atoms with Gasteiger partial charge in [-0.05, 0) is 64.1 Å². The molecule has 1 amide bonds. The van der Waals surface area contributed by atoms with Crippen LogP contribution in [0.5, 0.6) is 0 Å². The highest BCUT2D eigenvalue weighted by Crippen LogP contribution is 2.41. The summed E-state index contributed by atoms with van der Waals surface area (Å²) in [7, 11) is 0. The molecule has 1 aromatic carbocycles. The van der Waals surface area contributed by atoms with Crippen LogP contribution >= 0.6 is 27.5 Å². The first-order valence-electron chi connectivity index (χ1n) is 6.28. The van der Waals surface area contributed by atoms with Crippen LogP contribution in [0.25, 0.3) is 11.3 Å². The van der Waals surface area contributed by atoms with Crippen molar-refractivity contribution in [3.8, 4) is 11.3 Å². The van der Waals surface area contributed by atoms with Gasteiger partial charge in [-0.1, -0.05) is 6.92 Å². The standard InChI is InChI=1S/C14H12BrFN2OS/c1-7-6-10(7)13(19)17-14-11(15)12(18-20-14)8-2-4-9(16)5-3-8/h2-5,7,10H,6H2,1H3,(H,17,19)/t7-,10-/m1/s1. The zero-order chi connectivity index (χ0) is 14.3. The van der Waals surface area contributed by atoms with Crippen LogP contribution in [0.4, 0.5) is 9.39 Å². The largest absolute Gasteiger partial charge is 0.315 e. The van der Waals surface area contributed by atoms with E-state index in [2.05, 4.69) is 32.5 Å². The number of anilines is 1.